The van der Waals surface area contributed by atoms with E-state index in [2.05, 4.69) is 20.5 Å². The van der Waals surface area contributed by atoms with Gasteiger partial charge in [-0.1, -0.05) is 23.4 Å². The number of aromatic nitrogens is 5. The molecule has 0 spiro atoms. The molecule has 1 unspecified atom stereocenters. The molecule has 172 valence electrons. The van der Waals surface area contributed by atoms with Crippen molar-refractivity contribution < 1.29 is 19.4 Å². The van der Waals surface area contributed by atoms with Crippen LogP contribution in [0.15, 0.2) is 30.3 Å². The zero-order valence-electron chi connectivity index (χ0n) is 18.3. The number of para-hydroxylation sites is 1. The third-order valence-electron chi connectivity index (χ3n) is 6.36. The van der Waals surface area contributed by atoms with E-state index >= 15 is 0 Å². The maximum atomic E-state index is 13.2. The van der Waals surface area contributed by atoms with Crippen LogP contribution in [0.4, 0.5) is 4.79 Å². The minimum atomic E-state index is -0.959. The number of carbonyl (C=O) groups excluding carboxylic acids is 1. The fourth-order valence-electron chi connectivity index (χ4n) is 4.63. The molecule has 5 rings (SSSR count). The lowest BCUT2D eigenvalue weighted by atomic mass is 9.94. The summed E-state index contributed by atoms with van der Waals surface area (Å²) in [5.41, 5.74) is 3.94. The van der Waals surface area contributed by atoms with E-state index in [0.29, 0.717) is 51.3 Å². The number of benzene rings is 1. The number of H-pyrrole nitrogens is 1. The fourth-order valence-corrected chi connectivity index (χ4v) is 4.63. The third-order valence-corrected chi connectivity index (χ3v) is 6.36. The number of hydrogen-bond donors (Lipinski definition) is 2. The summed E-state index contributed by atoms with van der Waals surface area (Å²) in [6.45, 7) is 1.98. The Balaban J connectivity index is 1.44. The monoisotopic (exact) mass is 451 g/mol. The normalized spacial score (nSPS) is 17.8. The summed E-state index contributed by atoms with van der Waals surface area (Å²) in [5, 5.41) is 25.0. The Bertz CT molecular complexity index is 1190. The number of carboxylic acid groups (broad SMARTS) is 1. The Labute approximate surface area is 189 Å². The highest BCUT2D eigenvalue weighted by atomic mass is 16.5. The topological polar surface area (TPSA) is 129 Å². The predicted molar refractivity (Wildman–Crippen MR) is 116 cm³/mol. The van der Waals surface area contributed by atoms with Crippen molar-refractivity contribution in [3.8, 4) is 5.75 Å². The first kappa shape index (κ1) is 21.0. The van der Waals surface area contributed by atoms with Crippen molar-refractivity contribution in [2.45, 2.75) is 31.8 Å². The minimum Gasteiger partial charge on any atom is -0.496 e. The lowest BCUT2D eigenvalue weighted by Crippen LogP contribution is -2.36. The second kappa shape index (κ2) is 8.57. The van der Waals surface area contributed by atoms with Crippen LogP contribution < -0.4 is 4.74 Å². The molecular formula is C22H25N7O4. The van der Waals surface area contributed by atoms with Crippen molar-refractivity contribution in [2.75, 3.05) is 26.7 Å². The van der Waals surface area contributed by atoms with Gasteiger partial charge in [0.15, 0.2) is 5.69 Å². The Hall–Kier alpha value is -3.89. The molecule has 0 fully saturated rings. The third kappa shape index (κ3) is 4.01. The number of hydrogen-bond acceptors (Lipinski definition) is 6. The average molecular weight is 451 g/mol. The molecule has 1 aromatic carbocycles. The van der Waals surface area contributed by atoms with Crippen LogP contribution in [0, 0.1) is 0 Å². The summed E-state index contributed by atoms with van der Waals surface area (Å²) in [4.78, 5) is 28.1. The Morgan fingerprint density at radius 1 is 1.21 bits per heavy atom. The van der Waals surface area contributed by atoms with Gasteiger partial charge in [0.25, 0.3) is 5.91 Å². The van der Waals surface area contributed by atoms with E-state index in [0.717, 1.165) is 28.4 Å². The molecule has 2 N–H and O–H groups in total. The van der Waals surface area contributed by atoms with E-state index in [9.17, 15) is 14.7 Å². The first-order chi connectivity index (χ1) is 16.0. The number of aromatic amines is 1. The summed E-state index contributed by atoms with van der Waals surface area (Å²) < 4.78 is 7.28. The number of amides is 2. The second-order valence-electron chi connectivity index (χ2n) is 8.33. The fraction of sp³-hybridized carbons (Fsp3) is 0.409. The van der Waals surface area contributed by atoms with Crippen LogP contribution in [0.2, 0.25) is 0 Å². The smallest absolute Gasteiger partial charge is 0.407 e. The molecule has 0 saturated heterocycles. The van der Waals surface area contributed by atoms with Crippen LogP contribution in [-0.4, -0.2) is 78.8 Å². The van der Waals surface area contributed by atoms with Gasteiger partial charge < -0.3 is 19.6 Å². The number of nitrogens with one attached hydrogen (secondary N) is 1. The van der Waals surface area contributed by atoms with Crippen molar-refractivity contribution >= 4 is 12.0 Å². The van der Waals surface area contributed by atoms with E-state index in [1.54, 1.807) is 16.7 Å². The van der Waals surface area contributed by atoms with Crippen LogP contribution in [-0.2, 0) is 25.9 Å². The first-order valence-corrected chi connectivity index (χ1v) is 10.9. The standard InChI is InChI=1S/C22H25N7O4/c1-33-20-5-3-2-4-14(20)10-15-12-28(22(31)32)8-9-29-19(15)11-17(25-29)21(30)27-7-6-16-18(13-27)24-26-23-16/h2-5,11,15H,6-10,12-13H2,1H3,(H,31,32)(H,23,24,26). The number of nitrogens with zero attached hydrogens (tertiary/aromatic N) is 6. The molecular weight excluding hydrogens is 426 g/mol. The SMILES string of the molecule is COc1ccccc1CC1CN(C(=O)O)CCn2nc(C(=O)N3CCc4[nH]nnc4C3)cc21. The Kier molecular flexibility index (Phi) is 5.45. The zero-order chi connectivity index (χ0) is 22.9. The molecule has 2 aliphatic heterocycles. The highest BCUT2D eigenvalue weighted by Crippen LogP contribution is 2.30. The summed E-state index contributed by atoms with van der Waals surface area (Å²) in [7, 11) is 1.62. The first-order valence-electron chi connectivity index (χ1n) is 10.9. The van der Waals surface area contributed by atoms with Crippen LogP contribution in [0.3, 0.4) is 0 Å². The second-order valence-corrected chi connectivity index (χ2v) is 8.33. The van der Waals surface area contributed by atoms with Crippen molar-refractivity contribution in [2.24, 2.45) is 0 Å². The highest BCUT2D eigenvalue weighted by molar-refractivity contribution is 5.92. The molecule has 0 bridgehead atoms. The summed E-state index contributed by atoms with van der Waals surface area (Å²) >= 11 is 0. The van der Waals surface area contributed by atoms with Crippen molar-refractivity contribution in [3.63, 3.8) is 0 Å². The van der Waals surface area contributed by atoms with E-state index < -0.39 is 6.09 Å². The van der Waals surface area contributed by atoms with Crippen LogP contribution in [0.5, 0.6) is 5.75 Å². The van der Waals surface area contributed by atoms with Crippen molar-refractivity contribution in [3.05, 3.63) is 58.7 Å². The van der Waals surface area contributed by atoms with E-state index in [1.807, 2.05) is 30.3 Å². The zero-order valence-corrected chi connectivity index (χ0v) is 18.3. The van der Waals surface area contributed by atoms with Gasteiger partial charge >= 0.3 is 6.09 Å². The van der Waals surface area contributed by atoms with E-state index in [1.165, 1.54) is 4.90 Å². The molecule has 2 aliphatic rings. The lowest BCUT2D eigenvalue weighted by molar-refractivity contribution is 0.0724. The van der Waals surface area contributed by atoms with Crippen molar-refractivity contribution in [1.82, 2.24) is 35.0 Å². The van der Waals surface area contributed by atoms with E-state index in [-0.39, 0.29) is 11.8 Å². The molecule has 0 aliphatic carbocycles. The van der Waals surface area contributed by atoms with Gasteiger partial charge in [-0.3, -0.25) is 14.6 Å². The molecule has 2 aromatic heterocycles. The predicted octanol–water partition coefficient (Wildman–Crippen LogP) is 1.53. The summed E-state index contributed by atoms with van der Waals surface area (Å²) in [6, 6.07) is 9.52. The number of fused-ring (bicyclic) bond motifs is 2. The number of methoxy groups -OCH3 is 1. The number of ether oxygens (including phenoxy) is 1. The van der Waals surface area contributed by atoms with Gasteiger partial charge in [0.05, 0.1) is 25.9 Å². The molecule has 11 heteroatoms. The van der Waals surface area contributed by atoms with Gasteiger partial charge in [-0.25, -0.2) is 4.79 Å². The minimum absolute atomic E-state index is 0.157. The molecule has 0 saturated carbocycles. The quantitative estimate of drug-likeness (QED) is 0.615. The van der Waals surface area contributed by atoms with Crippen LogP contribution in [0.25, 0.3) is 0 Å². The number of carbonyl (C=O) groups is 2. The molecule has 4 heterocycles. The van der Waals surface area contributed by atoms with Crippen LogP contribution in [0.1, 0.15) is 39.1 Å². The molecule has 11 nitrogen and oxygen atoms in total. The highest BCUT2D eigenvalue weighted by Gasteiger charge is 2.31. The maximum absolute atomic E-state index is 13.2. The van der Waals surface area contributed by atoms with Crippen LogP contribution >= 0.6 is 0 Å². The van der Waals surface area contributed by atoms with Gasteiger partial charge in [-0.15, -0.1) is 5.10 Å². The summed E-state index contributed by atoms with van der Waals surface area (Å²) in [6.07, 6.45) is 0.281. The van der Waals surface area contributed by atoms with Gasteiger partial charge in [0, 0.05) is 37.7 Å². The van der Waals surface area contributed by atoms with Gasteiger partial charge in [0.1, 0.15) is 11.4 Å². The summed E-state index contributed by atoms with van der Waals surface area (Å²) in [5.74, 6) is 0.426. The lowest BCUT2D eigenvalue weighted by Gasteiger charge is -2.25. The molecule has 2 amide bonds. The van der Waals surface area contributed by atoms with Crippen molar-refractivity contribution in [1.29, 1.82) is 0 Å². The van der Waals surface area contributed by atoms with Gasteiger partial charge in [-0.05, 0) is 24.1 Å². The Morgan fingerprint density at radius 2 is 2.06 bits per heavy atom. The van der Waals surface area contributed by atoms with E-state index in [4.69, 9.17) is 4.74 Å². The van der Waals surface area contributed by atoms with Gasteiger partial charge in [-0.2, -0.15) is 5.10 Å². The Morgan fingerprint density at radius 3 is 2.88 bits per heavy atom. The largest absolute Gasteiger partial charge is 0.496 e. The number of rotatable bonds is 4. The molecule has 3 aromatic rings. The average Bonchev–Trinajstić information content (AvgIpc) is 3.43. The molecule has 0 radical (unpaired) electrons. The maximum Gasteiger partial charge on any atom is 0.407 e. The molecule has 1 atom stereocenters. The molecule has 33 heavy (non-hydrogen) atoms. The van der Waals surface area contributed by atoms with Gasteiger partial charge in [0.2, 0.25) is 0 Å².